The minimum absolute atomic E-state index is 0.0160. The van der Waals surface area contributed by atoms with Crippen LogP contribution in [0.2, 0.25) is 0 Å². The number of urea groups is 1. The van der Waals surface area contributed by atoms with E-state index in [2.05, 4.69) is 20.4 Å². The second kappa shape index (κ2) is 7.02. The molecule has 1 N–H and O–H groups in total. The van der Waals surface area contributed by atoms with Gasteiger partial charge in [-0.1, -0.05) is 18.9 Å². The fourth-order valence-electron chi connectivity index (χ4n) is 2.55. The van der Waals surface area contributed by atoms with E-state index in [4.69, 9.17) is 0 Å². The van der Waals surface area contributed by atoms with Crippen LogP contribution >= 0.6 is 0 Å². The van der Waals surface area contributed by atoms with E-state index in [0.717, 1.165) is 31.5 Å². The molecule has 0 aromatic carbocycles. The van der Waals surface area contributed by atoms with Crippen molar-refractivity contribution >= 4 is 6.03 Å². The zero-order chi connectivity index (χ0) is 15.2. The first-order chi connectivity index (χ1) is 10.8. The summed E-state index contributed by atoms with van der Waals surface area (Å²) in [5.74, 6) is 0.708. The van der Waals surface area contributed by atoms with Gasteiger partial charge >= 0.3 is 6.03 Å². The smallest absolute Gasteiger partial charge is 0.317 e. The Morgan fingerprint density at radius 2 is 2.00 bits per heavy atom. The highest BCUT2D eigenvalue weighted by Crippen LogP contribution is 2.10. The Morgan fingerprint density at radius 1 is 1.18 bits per heavy atom. The average Bonchev–Trinajstić information content (AvgIpc) is 2.95. The number of carbonyl (C=O) groups is 1. The summed E-state index contributed by atoms with van der Waals surface area (Å²) in [6.07, 6.45) is 9.46. The fourth-order valence-corrected chi connectivity index (χ4v) is 2.55. The van der Waals surface area contributed by atoms with Gasteiger partial charge in [-0.3, -0.25) is 0 Å². The number of hydrogen-bond donors (Lipinski definition) is 1. The Hall–Kier alpha value is -2.44. The van der Waals surface area contributed by atoms with Crippen molar-refractivity contribution in [3.05, 3.63) is 36.5 Å². The van der Waals surface area contributed by atoms with Gasteiger partial charge in [-0.2, -0.15) is 5.10 Å². The fraction of sp³-hybridized carbons (Fsp3) is 0.467. The van der Waals surface area contributed by atoms with Crippen molar-refractivity contribution in [1.82, 2.24) is 30.0 Å². The number of amides is 2. The Bertz CT molecular complexity index is 587. The topological polar surface area (TPSA) is 75.9 Å². The van der Waals surface area contributed by atoms with Crippen LogP contribution in [0.5, 0.6) is 0 Å². The standard InChI is InChI=1S/C15H20N6O/c22-15(20-7-3-1-2-4-8-20)18-10-13-5-6-14(17-9-13)21-12-16-11-19-21/h5-6,9,11-12H,1-4,7-8,10H2,(H,18,22). The van der Waals surface area contributed by atoms with Gasteiger partial charge in [0.2, 0.25) is 0 Å². The van der Waals surface area contributed by atoms with Crippen LogP contribution in [0.3, 0.4) is 0 Å². The molecule has 0 saturated carbocycles. The van der Waals surface area contributed by atoms with Crippen LogP contribution < -0.4 is 5.32 Å². The predicted molar refractivity (Wildman–Crippen MR) is 81.4 cm³/mol. The van der Waals surface area contributed by atoms with Gasteiger partial charge in [0.15, 0.2) is 5.82 Å². The second-order valence-corrected chi connectivity index (χ2v) is 5.42. The maximum atomic E-state index is 12.1. The minimum atomic E-state index is 0.0160. The summed E-state index contributed by atoms with van der Waals surface area (Å²) in [4.78, 5) is 22.3. The lowest BCUT2D eigenvalue weighted by molar-refractivity contribution is 0.199. The van der Waals surface area contributed by atoms with Crippen molar-refractivity contribution in [2.24, 2.45) is 0 Å². The highest BCUT2D eigenvalue weighted by molar-refractivity contribution is 5.74. The average molecular weight is 300 g/mol. The molecule has 0 radical (unpaired) electrons. The summed E-state index contributed by atoms with van der Waals surface area (Å²) in [6, 6.07) is 3.82. The molecule has 0 atom stereocenters. The number of hydrogen-bond acceptors (Lipinski definition) is 4. The van der Waals surface area contributed by atoms with Gasteiger partial charge in [0.05, 0.1) is 0 Å². The van der Waals surface area contributed by atoms with Crippen molar-refractivity contribution < 1.29 is 4.79 Å². The molecular formula is C15H20N6O. The summed E-state index contributed by atoms with van der Waals surface area (Å²) in [5.41, 5.74) is 0.965. The molecule has 1 saturated heterocycles. The molecule has 7 heteroatoms. The lowest BCUT2D eigenvalue weighted by atomic mass is 10.2. The molecule has 2 aromatic rings. The van der Waals surface area contributed by atoms with Gasteiger partial charge in [-0.05, 0) is 24.5 Å². The van der Waals surface area contributed by atoms with Gasteiger partial charge in [0, 0.05) is 25.8 Å². The third-order valence-electron chi connectivity index (χ3n) is 3.80. The quantitative estimate of drug-likeness (QED) is 0.937. The molecule has 1 fully saturated rings. The van der Waals surface area contributed by atoms with Crippen molar-refractivity contribution in [3.63, 3.8) is 0 Å². The summed E-state index contributed by atoms with van der Waals surface area (Å²) in [6.45, 7) is 2.20. The van der Waals surface area contributed by atoms with Crippen LogP contribution in [-0.4, -0.2) is 43.8 Å². The molecule has 0 unspecified atom stereocenters. The number of carbonyl (C=O) groups excluding carboxylic acids is 1. The lowest BCUT2D eigenvalue weighted by Gasteiger charge is -2.20. The highest BCUT2D eigenvalue weighted by atomic mass is 16.2. The molecule has 2 aromatic heterocycles. The first kappa shape index (κ1) is 14.5. The Labute approximate surface area is 129 Å². The first-order valence-corrected chi connectivity index (χ1v) is 7.65. The minimum Gasteiger partial charge on any atom is -0.334 e. The number of nitrogens with zero attached hydrogens (tertiary/aromatic N) is 5. The van der Waals surface area contributed by atoms with Crippen molar-refractivity contribution in [2.45, 2.75) is 32.2 Å². The van der Waals surface area contributed by atoms with Crippen LogP contribution in [0, 0.1) is 0 Å². The number of likely N-dealkylation sites (tertiary alicyclic amines) is 1. The number of nitrogens with one attached hydrogen (secondary N) is 1. The summed E-state index contributed by atoms with van der Waals surface area (Å²) in [7, 11) is 0. The monoisotopic (exact) mass is 300 g/mol. The lowest BCUT2D eigenvalue weighted by Crippen LogP contribution is -2.40. The normalized spacial score (nSPS) is 15.4. The van der Waals surface area contributed by atoms with E-state index >= 15 is 0 Å². The number of rotatable bonds is 3. The number of aromatic nitrogens is 4. The molecule has 3 rings (SSSR count). The molecule has 22 heavy (non-hydrogen) atoms. The third-order valence-corrected chi connectivity index (χ3v) is 3.80. The summed E-state index contributed by atoms with van der Waals surface area (Å²) < 4.78 is 1.60. The van der Waals surface area contributed by atoms with Crippen LogP contribution in [0.4, 0.5) is 4.79 Å². The van der Waals surface area contributed by atoms with Crippen molar-refractivity contribution in [3.8, 4) is 5.82 Å². The molecule has 1 aliphatic rings. The summed E-state index contributed by atoms with van der Waals surface area (Å²) >= 11 is 0. The van der Waals surface area contributed by atoms with Crippen LogP contribution in [0.15, 0.2) is 31.0 Å². The molecule has 7 nitrogen and oxygen atoms in total. The molecule has 2 amide bonds. The molecule has 0 bridgehead atoms. The summed E-state index contributed by atoms with van der Waals surface area (Å²) in [5, 5.41) is 6.99. The van der Waals surface area contributed by atoms with Gasteiger partial charge in [0.1, 0.15) is 12.7 Å². The number of pyridine rings is 1. The molecule has 0 spiro atoms. The van der Waals surface area contributed by atoms with Crippen molar-refractivity contribution in [1.29, 1.82) is 0 Å². The van der Waals surface area contributed by atoms with E-state index in [1.165, 1.54) is 19.2 Å². The molecule has 0 aliphatic carbocycles. The molecule has 1 aliphatic heterocycles. The Morgan fingerprint density at radius 3 is 2.64 bits per heavy atom. The molecule has 116 valence electrons. The highest BCUT2D eigenvalue weighted by Gasteiger charge is 2.14. The van der Waals surface area contributed by atoms with Crippen LogP contribution in [0.25, 0.3) is 5.82 Å². The van der Waals surface area contributed by atoms with E-state index in [9.17, 15) is 4.79 Å². The first-order valence-electron chi connectivity index (χ1n) is 7.65. The maximum Gasteiger partial charge on any atom is 0.317 e. The maximum absolute atomic E-state index is 12.1. The Balaban J connectivity index is 1.53. The van der Waals surface area contributed by atoms with Gasteiger partial charge in [-0.25, -0.2) is 19.4 Å². The van der Waals surface area contributed by atoms with Crippen molar-refractivity contribution in [2.75, 3.05) is 13.1 Å². The van der Waals surface area contributed by atoms with Gasteiger partial charge in [-0.15, -0.1) is 0 Å². The predicted octanol–water partition coefficient (Wildman–Crippen LogP) is 1.75. The zero-order valence-electron chi connectivity index (χ0n) is 12.5. The molecule has 3 heterocycles. The SMILES string of the molecule is O=C(NCc1ccc(-n2cncn2)nc1)N1CCCCCC1. The van der Waals surface area contributed by atoms with E-state index in [1.54, 1.807) is 17.2 Å². The van der Waals surface area contributed by atoms with E-state index in [1.807, 2.05) is 17.0 Å². The third kappa shape index (κ3) is 3.60. The largest absolute Gasteiger partial charge is 0.334 e. The van der Waals surface area contributed by atoms with Gasteiger partial charge < -0.3 is 10.2 Å². The van der Waals surface area contributed by atoms with Crippen LogP contribution in [0.1, 0.15) is 31.2 Å². The van der Waals surface area contributed by atoms with E-state index in [0.29, 0.717) is 12.4 Å². The zero-order valence-corrected chi connectivity index (χ0v) is 12.5. The molecular weight excluding hydrogens is 280 g/mol. The second-order valence-electron chi connectivity index (χ2n) is 5.42. The van der Waals surface area contributed by atoms with E-state index < -0.39 is 0 Å². The van der Waals surface area contributed by atoms with E-state index in [-0.39, 0.29) is 6.03 Å². The Kier molecular flexibility index (Phi) is 4.62. The van der Waals surface area contributed by atoms with Gasteiger partial charge in [0.25, 0.3) is 0 Å². The van der Waals surface area contributed by atoms with Crippen LogP contribution in [-0.2, 0) is 6.54 Å².